The van der Waals surface area contributed by atoms with E-state index in [0.717, 1.165) is 0 Å². The molecule has 29 heteroatoms. The zero-order valence-corrected chi connectivity index (χ0v) is 46.0. The number of H-pyrrole nitrogens is 2. The molecule has 0 aliphatic heterocycles. The molecule has 432 valence electrons. The molecule has 0 saturated carbocycles. The van der Waals surface area contributed by atoms with Crippen molar-refractivity contribution in [1.82, 2.24) is 67.8 Å². The largest absolute Gasteiger partial charge is 0.370 e. The maximum Gasteiger partial charge on any atom is 0.252 e. The number of para-hydroxylation sites is 1. The highest BCUT2D eigenvalue weighted by Crippen LogP contribution is 2.21. The van der Waals surface area contributed by atoms with Crippen molar-refractivity contribution in [2.45, 2.75) is 115 Å². The number of amides is 11. The standard InChI is InChI=1S/C51H71N17O11S/c1-26(2)19-36(48(76)64-33(44(53)72)16-18-80-6)65-49(77)37(21-31-23-55-25-59-31)63-41(71)24-58-50(78)42(27(3)4)66-45(73)28(5)60-51(79)43(35-20-29-9-7-8-10-32(29)61-35)67-47(75)34(12-13-38(52)69)62-40(70)15-17-56-46(74)30-11-14-39(68-54)57-22-30/h7-11,14,20,22-23,25-28,33-34,36-37,42-43,54,61H,12-13,15-19,21,24H2,1-6H3,(H2,52,69)(H2,53,72)(H,55,59)(H,56,74)(H,58,78)(H,60,79)(H,62,70)(H,63,71)(H,64,76)(H,65,77)(H,66,73)(H,67,75)/t28-,33-,34-,36-,37-,42-,43-/m1/s1. The Kier molecular flexibility index (Phi) is 25.2. The zero-order valence-electron chi connectivity index (χ0n) is 45.2. The Bertz CT molecular complexity index is 2790. The highest BCUT2D eigenvalue weighted by Gasteiger charge is 2.34. The van der Waals surface area contributed by atoms with Crippen LogP contribution in [0.5, 0.6) is 0 Å². The van der Waals surface area contributed by atoms with E-state index < -0.39 is 120 Å². The second-order valence-electron chi connectivity index (χ2n) is 19.4. The number of carbonyl (C=O) groups excluding carboxylic acids is 11. The molecule has 4 aromatic rings. The van der Waals surface area contributed by atoms with Crippen LogP contribution < -0.4 is 59.3 Å². The van der Waals surface area contributed by atoms with E-state index in [2.05, 4.69) is 72.9 Å². The zero-order chi connectivity index (χ0) is 59.1. The Hall–Kier alpha value is -8.76. The van der Waals surface area contributed by atoms with E-state index in [1.807, 2.05) is 20.1 Å². The van der Waals surface area contributed by atoms with E-state index in [-0.39, 0.29) is 68.1 Å². The monoisotopic (exact) mass is 1130 g/mol. The number of fused-ring (bicyclic) bond motifs is 1. The Morgan fingerprint density at radius 3 is 2.00 bits per heavy atom. The van der Waals surface area contributed by atoms with E-state index in [1.165, 1.54) is 49.5 Å². The minimum atomic E-state index is -1.54. The van der Waals surface area contributed by atoms with Crippen molar-refractivity contribution in [1.29, 1.82) is 5.53 Å². The quantitative estimate of drug-likeness (QED) is 0.0266. The number of carbonyl (C=O) groups is 11. The number of nitrogens with zero attached hydrogens (tertiary/aromatic N) is 3. The molecule has 3 heterocycles. The maximum absolute atomic E-state index is 14.2. The van der Waals surface area contributed by atoms with Crippen molar-refractivity contribution in [3.05, 3.63) is 78.1 Å². The molecular formula is C51H71N17O11S. The predicted molar refractivity (Wildman–Crippen MR) is 293 cm³/mol. The number of aromatic nitrogens is 4. The Labute approximate surface area is 465 Å². The van der Waals surface area contributed by atoms with Crippen LogP contribution in [0.25, 0.3) is 10.9 Å². The Balaban J connectivity index is 1.43. The van der Waals surface area contributed by atoms with Gasteiger partial charge in [-0.1, -0.05) is 45.9 Å². The van der Waals surface area contributed by atoms with Gasteiger partial charge in [-0.25, -0.2) is 15.5 Å². The molecule has 0 aliphatic rings. The fourth-order valence-corrected chi connectivity index (χ4v) is 8.34. The number of hydrogen-bond acceptors (Lipinski definition) is 16. The van der Waals surface area contributed by atoms with Crippen LogP contribution in [0.1, 0.15) is 94.5 Å². The second-order valence-corrected chi connectivity index (χ2v) is 20.4. The summed E-state index contributed by atoms with van der Waals surface area (Å²) in [5, 5.41) is 27.0. The van der Waals surface area contributed by atoms with Gasteiger partial charge < -0.3 is 69.3 Å². The van der Waals surface area contributed by atoms with Gasteiger partial charge >= 0.3 is 0 Å². The number of benzene rings is 1. The van der Waals surface area contributed by atoms with Crippen LogP contribution >= 0.6 is 11.8 Å². The molecular weight excluding hydrogens is 1060 g/mol. The number of nitrogens with one attached hydrogen (secondary N) is 12. The first-order valence-electron chi connectivity index (χ1n) is 25.6. The summed E-state index contributed by atoms with van der Waals surface area (Å²) in [5.74, 6) is -8.49. The summed E-state index contributed by atoms with van der Waals surface area (Å²) in [6, 6.07) is 2.34. The van der Waals surface area contributed by atoms with Crippen LogP contribution in [0.15, 0.2) is 66.3 Å². The minimum Gasteiger partial charge on any atom is -0.370 e. The van der Waals surface area contributed by atoms with Gasteiger partial charge in [-0.05, 0) is 79.7 Å². The highest BCUT2D eigenvalue weighted by molar-refractivity contribution is 7.98. The summed E-state index contributed by atoms with van der Waals surface area (Å²) in [4.78, 5) is 160. The molecule has 0 fully saturated rings. The average Bonchev–Trinajstić information content (AvgIpc) is 4.10. The topological polar surface area (TPSA) is 442 Å². The van der Waals surface area contributed by atoms with E-state index >= 15 is 0 Å². The fraction of sp³-hybridized carbons (Fsp3) is 0.471. The van der Waals surface area contributed by atoms with Crippen LogP contribution in [-0.4, -0.2) is 146 Å². The summed E-state index contributed by atoms with van der Waals surface area (Å²) in [6.45, 7) is 7.41. The molecule has 11 amide bonds. The molecule has 1 aromatic carbocycles. The lowest BCUT2D eigenvalue weighted by atomic mass is 10.0. The van der Waals surface area contributed by atoms with Crippen LogP contribution in [0.4, 0.5) is 5.82 Å². The van der Waals surface area contributed by atoms with Gasteiger partial charge in [0.25, 0.3) is 5.91 Å². The van der Waals surface area contributed by atoms with Crippen molar-refractivity contribution >= 4 is 93.5 Å². The van der Waals surface area contributed by atoms with Crippen molar-refractivity contribution in [3.8, 4) is 0 Å². The molecule has 0 radical (unpaired) electrons. The molecule has 80 heavy (non-hydrogen) atoms. The van der Waals surface area contributed by atoms with E-state index in [9.17, 15) is 52.7 Å². The lowest BCUT2D eigenvalue weighted by molar-refractivity contribution is -0.135. The number of primary amides is 2. The molecule has 16 N–H and O–H groups in total. The van der Waals surface area contributed by atoms with Gasteiger partial charge in [0.2, 0.25) is 59.1 Å². The first kappa shape index (κ1) is 63.8. The van der Waals surface area contributed by atoms with Crippen molar-refractivity contribution in [2.75, 3.05) is 25.1 Å². The third-order valence-corrected chi connectivity index (χ3v) is 12.8. The molecule has 0 saturated heterocycles. The highest BCUT2D eigenvalue weighted by atomic mass is 32.2. The van der Waals surface area contributed by atoms with E-state index in [4.69, 9.17) is 17.0 Å². The van der Waals surface area contributed by atoms with Crippen molar-refractivity contribution in [2.24, 2.45) is 28.4 Å². The van der Waals surface area contributed by atoms with Gasteiger partial charge in [-0.15, -0.1) is 5.11 Å². The SMILES string of the molecule is CSCC[C@@H](NC(=O)[C@@H](CC(C)C)NC(=O)[C@@H](Cc1cnc[nH]1)NC(=O)CNC(=O)[C@H](NC(=O)[C@@H](C)NC(=O)[C@H](NC(=O)[C@@H](CCC(N)=O)NC(=O)CCNC(=O)c1ccc(N=N)nc1)c1cc2ccccc2[nH]1)C(C)C)C(N)=O. The number of nitrogens with two attached hydrogens (primary N) is 2. The molecule has 28 nitrogen and oxygen atoms in total. The maximum atomic E-state index is 14.2. The van der Waals surface area contributed by atoms with Crippen molar-refractivity contribution < 1.29 is 52.7 Å². The van der Waals surface area contributed by atoms with Gasteiger partial charge in [0, 0.05) is 55.1 Å². The molecule has 4 rings (SSSR count). The summed E-state index contributed by atoms with van der Waals surface area (Å²) in [5.41, 5.74) is 19.3. The van der Waals surface area contributed by atoms with E-state index in [1.54, 1.807) is 44.2 Å². The Morgan fingerprint density at radius 1 is 0.700 bits per heavy atom. The molecule has 3 aromatic heterocycles. The summed E-state index contributed by atoms with van der Waals surface area (Å²) < 4.78 is 0. The smallest absolute Gasteiger partial charge is 0.252 e. The molecule has 7 atom stereocenters. The molecule has 0 aliphatic carbocycles. The van der Waals surface area contributed by atoms with Gasteiger partial charge in [0.05, 0.1) is 18.4 Å². The summed E-state index contributed by atoms with van der Waals surface area (Å²) >= 11 is 1.46. The van der Waals surface area contributed by atoms with Gasteiger partial charge in [-0.2, -0.15) is 11.8 Å². The van der Waals surface area contributed by atoms with Crippen molar-refractivity contribution in [3.63, 3.8) is 0 Å². The number of imidazole rings is 1. The Morgan fingerprint density at radius 2 is 1.39 bits per heavy atom. The molecule has 0 bridgehead atoms. The number of pyridine rings is 1. The van der Waals surface area contributed by atoms with Gasteiger partial charge in [0.15, 0.2) is 5.82 Å². The average molecular weight is 1130 g/mol. The summed E-state index contributed by atoms with van der Waals surface area (Å²) in [7, 11) is 0. The van der Waals surface area contributed by atoms with Crippen LogP contribution in [0.3, 0.4) is 0 Å². The van der Waals surface area contributed by atoms with Gasteiger partial charge in [0.1, 0.15) is 42.3 Å². The number of hydrogen-bond donors (Lipinski definition) is 14. The lowest BCUT2D eigenvalue weighted by Gasteiger charge is -2.26. The number of thioether (sulfide) groups is 1. The van der Waals surface area contributed by atoms with Crippen LogP contribution in [0, 0.1) is 17.4 Å². The molecule has 0 unspecified atom stereocenters. The van der Waals surface area contributed by atoms with Gasteiger partial charge in [-0.3, -0.25) is 52.7 Å². The van der Waals surface area contributed by atoms with E-state index in [0.29, 0.717) is 22.3 Å². The second kappa shape index (κ2) is 31.6. The lowest BCUT2D eigenvalue weighted by Crippen LogP contribution is -2.58. The normalized spacial score (nSPS) is 13.7. The first-order valence-corrected chi connectivity index (χ1v) is 27.0. The summed E-state index contributed by atoms with van der Waals surface area (Å²) in [6.07, 6.45) is 5.26. The molecule has 0 spiro atoms. The van der Waals surface area contributed by atoms with Crippen LogP contribution in [-0.2, 0) is 54.4 Å². The minimum absolute atomic E-state index is 0.0868. The number of rotatable bonds is 33. The first-order chi connectivity index (χ1) is 38.0. The predicted octanol–water partition coefficient (Wildman–Crippen LogP) is -0.581. The fourth-order valence-electron chi connectivity index (χ4n) is 7.87. The number of aromatic amines is 2. The third kappa shape index (κ3) is 20.6. The third-order valence-electron chi connectivity index (χ3n) is 12.2. The van der Waals surface area contributed by atoms with Crippen LogP contribution in [0.2, 0.25) is 0 Å².